The molecule has 344 valence electrons. The summed E-state index contributed by atoms with van der Waals surface area (Å²) in [6.45, 7) is 12.9. The molecule has 0 bridgehead atoms. The second-order valence-corrected chi connectivity index (χ2v) is 22.1. The van der Waals surface area contributed by atoms with Gasteiger partial charge in [0.2, 0.25) is 0 Å². The third kappa shape index (κ3) is 7.25. The molecule has 9 aromatic rings. The van der Waals surface area contributed by atoms with Gasteiger partial charge in [-0.2, -0.15) is 0 Å². The summed E-state index contributed by atoms with van der Waals surface area (Å²) in [7, 11) is 0. The van der Waals surface area contributed by atoms with Crippen LogP contribution in [-0.4, -0.2) is 15.3 Å². The number of fused-ring (bicyclic) bond motifs is 9. The first-order valence-electron chi connectivity index (χ1n) is 24.9. The lowest BCUT2D eigenvalue weighted by Crippen LogP contribution is -2.13. The highest BCUT2D eigenvalue weighted by Gasteiger charge is 2.30. The van der Waals surface area contributed by atoms with Gasteiger partial charge < -0.3 is 15.3 Å². The Morgan fingerprint density at radius 1 is 0.314 bits per heavy atom. The summed E-state index contributed by atoms with van der Waals surface area (Å²) in [6, 6.07) is 58.7. The third-order valence-corrected chi connectivity index (χ3v) is 15.5. The van der Waals surface area contributed by atoms with Crippen LogP contribution < -0.4 is 0 Å². The average molecular weight is 911 g/mol. The number of rotatable bonds is 7. The van der Waals surface area contributed by atoms with Gasteiger partial charge >= 0.3 is 0 Å². The number of hydrogen-bond donors (Lipinski definition) is 3. The van der Waals surface area contributed by atoms with Crippen LogP contribution in [0.3, 0.4) is 0 Å². The molecule has 3 nitrogen and oxygen atoms in total. The lowest BCUT2D eigenvalue weighted by atomic mass is 9.80. The highest BCUT2D eigenvalue weighted by Crippen LogP contribution is 2.49. The molecule has 3 aliphatic rings. The van der Waals surface area contributed by atoms with Gasteiger partial charge in [0.05, 0.1) is 0 Å². The van der Waals surface area contributed by atoms with E-state index >= 15 is 0 Å². The maximum Gasteiger partial charge on any atom is 0.122 e. The van der Waals surface area contributed by atoms with Crippen molar-refractivity contribution in [2.24, 2.45) is 0 Å². The predicted octanol–water partition coefficient (Wildman–Crippen LogP) is 16.3. The van der Waals surface area contributed by atoms with Crippen molar-refractivity contribution in [3.8, 4) is 84.0 Å². The number of phenolic OH excluding ortho intramolecular Hbond substituents is 3. The minimum absolute atomic E-state index is 0.177. The van der Waals surface area contributed by atoms with Crippen LogP contribution in [0.1, 0.15) is 108 Å². The molecule has 12 rings (SSSR count). The molecule has 0 unspecified atom stereocenters. The van der Waals surface area contributed by atoms with Crippen LogP contribution in [-0.2, 0) is 42.9 Å². The summed E-state index contributed by atoms with van der Waals surface area (Å²) in [5.41, 5.74) is 26.0. The zero-order valence-electron chi connectivity index (χ0n) is 41.0. The van der Waals surface area contributed by atoms with E-state index in [1.165, 1.54) is 66.8 Å². The lowest BCUT2D eigenvalue weighted by Gasteiger charge is -2.25. The SMILES string of the molecule is CC(C)(C)c1cc(-c2cccc3c2Cc2ccccc2-3)cc(Cc2cc(-c3cccc4c3Cc3ccccc3-4)cc(Cc3cc(-c4cccc5c4Cc4ccccc4-5)cc(C(C)(C)C)c3O)c2O)c1O. The maximum absolute atomic E-state index is 12.8. The first-order valence-corrected chi connectivity index (χ1v) is 24.9. The van der Waals surface area contributed by atoms with E-state index in [1.54, 1.807) is 0 Å². The molecule has 0 heterocycles. The fourth-order valence-corrected chi connectivity index (χ4v) is 12.0. The Morgan fingerprint density at radius 3 is 0.914 bits per heavy atom. The van der Waals surface area contributed by atoms with Crippen LogP contribution in [0.25, 0.3) is 66.8 Å². The summed E-state index contributed by atoms with van der Waals surface area (Å²) in [5.74, 6) is 0.690. The molecule has 3 heteroatoms. The Hall–Kier alpha value is -7.62. The molecule has 3 N–H and O–H groups in total. The van der Waals surface area contributed by atoms with Gasteiger partial charge in [0.15, 0.2) is 0 Å². The van der Waals surface area contributed by atoms with E-state index in [4.69, 9.17) is 0 Å². The number of hydrogen-bond acceptors (Lipinski definition) is 3. The Balaban J connectivity index is 1.02. The van der Waals surface area contributed by atoms with E-state index in [-0.39, 0.29) is 28.1 Å². The minimum Gasteiger partial charge on any atom is -0.507 e. The molecule has 0 spiro atoms. The van der Waals surface area contributed by atoms with Gasteiger partial charge in [0.25, 0.3) is 0 Å². The molecule has 70 heavy (non-hydrogen) atoms. The molecule has 0 radical (unpaired) electrons. The Kier molecular flexibility index (Phi) is 10.1. The van der Waals surface area contributed by atoms with Crippen LogP contribution in [0.5, 0.6) is 17.2 Å². The summed E-state index contributed by atoms with van der Waals surface area (Å²) < 4.78 is 0. The average Bonchev–Trinajstić information content (AvgIpc) is 4.05. The van der Waals surface area contributed by atoms with Crippen molar-refractivity contribution in [1.29, 1.82) is 0 Å². The summed E-state index contributed by atoms with van der Waals surface area (Å²) in [6.07, 6.45) is 3.13. The van der Waals surface area contributed by atoms with Crippen molar-refractivity contribution in [2.75, 3.05) is 0 Å². The van der Waals surface area contributed by atoms with Crippen LogP contribution in [0, 0.1) is 0 Å². The van der Waals surface area contributed by atoms with Crippen LogP contribution in [0.2, 0.25) is 0 Å². The second kappa shape index (κ2) is 16.2. The van der Waals surface area contributed by atoms with Gasteiger partial charge in [-0.15, -0.1) is 0 Å². The normalized spacial score (nSPS) is 13.1. The van der Waals surface area contributed by atoms with E-state index in [0.717, 1.165) is 86.0 Å². The molecular formula is C67H58O3. The van der Waals surface area contributed by atoms with Crippen molar-refractivity contribution in [2.45, 2.75) is 84.5 Å². The van der Waals surface area contributed by atoms with Gasteiger partial charge in [-0.3, -0.25) is 0 Å². The van der Waals surface area contributed by atoms with E-state index < -0.39 is 0 Å². The molecular weight excluding hydrogens is 853 g/mol. The number of aromatic hydroxyl groups is 3. The van der Waals surface area contributed by atoms with Gasteiger partial charge in [-0.05, 0) is 189 Å². The van der Waals surface area contributed by atoms with Crippen LogP contribution >= 0.6 is 0 Å². The first-order chi connectivity index (χ1) is 33.7. The van der Waals surface area contributed by atoms with Crippen molar-refractivity contribution >= 4 is 0 Å². The fourth-order valence-electron chi connectivity index (χ4n) is 12.0. The standard InChI is InChI=1S/C67H58O3/c1-66(2,3)61-37-43(53-23-14-26-56-50-20-11-8-17-40(50)35-59(53)56)30-47(64(61)69)32-45-28-42(52-22-13-25-55-49-19-10-7-16-39(49)34-58(52)55)29-46(63(45)68)33-48-31-44(38-62(65(48)70)67(4,5)6)54-24-15-27-57-51-21-12-9-18-41(51)36-60(54)57/h7-31,37-38,68-70H,32-36H2,1-6H3. The quantitative estimate of drug-likeness (QED) is 0.149. The number of benzene rings is 9. The Labute approximate surface area is 412 Å². The largest absolute Gasteiger partial charge is 0.507 e. The van der Waals surface area contributed by atoms with E-state index in [9.17, 15) is 15.3 Å². The molecule has 0 saturated heterocycles. The fraction of sp³-hybridized carbons (Fsp3) is 0.194. The number of phenols is 3. The highest BCUT2D eigenvalue weighted by atomic mass is 16.3. The van der Waals surface area contributed by atoms with Crippen molar-refractivity contribution < 1.29 is 15.3 Å². The van der Waals surface area contributed by atoms with Crippen molar-refractivity contribution in [3.05, 3.63) is 231 Å². The maximum atomic E-state index is 12.8. The van der Waals surface area contributed by atoms with Crippen LogP contribution in [0.15, 0.2) is 164 Å². The molecule has 0 aliphatic heterocycles. The van der Waals surface area contributed by atoms with Crippen molar-refractivity contribution in [1.82, 2.24) is 0 Å². The smallest absolute Gasteiger partial charge is 0.122 e. The molecule has 9 aromatic carbocycles. The van der Waals surface area contributed by atoms with E-state index in [0.29, 0.717) is 12.8 Å². The minimum atomic E-state index is -0.362. The lowest BCUT2D eigenvalue weighted by molar-refractivity contribution is 0.439. The van der Waals surface area contributed by atoms with Gasteiger partial charge in [0, 0.05) is 24.0 Å². The summed E-state index contributed by atoms with van der Waals surface area (Å²) in [4.78, 5) is 0. The molecule has 0 atom stereocenters. The van der Waals surface area contributed by atoms with Gasteiger partial charge in [-0.25, -0.2) is 0 Å². The second-order valence-electron chi connectivity index (χ2n) is 22.1. The van der Waals surface area contributed by atoms with Gasteiger partial charge in [-0.1, -0.05) is 169 Å². The summed E-state index contributed by atoms with van der Waals surface area (Å²) >= 11 is 0. The topological polar surface area (TPSA) is 60.7 Å². The molecule has 0 aromatic heterocycles. The Bertz CT molecular complexity index is 3440. The highest BCUT2D eigenvalue weighted by molar-refractivity contribution is 5.88. The van der Waals surface area contributed by atoms with E-state index in [1.807, 2.05) is 0 Å². The molecule has 3 aliphatic carbocycles. The monoisotopic (exact) mass is 910 g/mol. The van der Waals surface area contributed by atoms with Crippen molar-refractivity contribution in [3.63, 3.8) is 0 Å². The predicted molar refractivity (Wildman–Crippen MR) is 288 cm³/mol. The zero-order chi connectivity index (χ0) is 48.2. The third-order valence-electron chi connectivity index (χ3n) is 15.5. The van der Waals surface area contributed by atoms with Crippen LogP contribution in [0.4, 0.5) is 0 Å². The Morgan fingerprint density at radius 2 is 0.586 bits per heavy atom. The molecule has 0 saturated carbocycles. The molecule has 0 amide bonds. The van der Waals surface area contributed by atoms with Gasteiger partial charge in [0.1, 0.15) is 17.2 Å². The summed E-state index contributed by atoms with van der Waals surface area (Å²) in [5, 5.41) is 37.6. The van der Waals surface area contributed by atoms with E-state index in [2.05, 4.69) is 205 Å². The molecule has 0 fully saturated rings. The first kappa shape index (κ1) is 43.6. The zero-order valence-corrected chi connectivity index (χ0v) is 41.0.